The number of benzene rings is 2. The summed E-state index contributed by atoms with van der Waals surface area (Å²) in [5.74, 6) is 2.88. The van der Waals surface area contributed by atoms with E-state index in [1.807, 2.05) is 23.1 Å². The summed E-state index contributed by atoms with van der Waals surface area (Å²) in [6.45, 7) is 2.24. The number of anilines is 1. The molecule has 2 aliphatic heterocycles. The maximum atomic E-state index is 13.7. The molecule has 0 spiro atoms. The molecule has 1 aliphatic carbocycles. The number of rotatable bonds is 13. The minimum atomic E-state index is -0.760. The number of nitrogen functional groups attached to an aromatic ring is 1. The topological polar surface area (TPSA) is 130 Å². The molecule has 2 amide bonds. The number of methoxy groups -OCH3 is 2. The van der Waals surface area contributed by atoms with Crippen molar-refractivity contribution >= 4 is 70.6 Å². The maximum Gasteiger partial charge on any atom is 0.247 e. The van der Waals surface area contributed by atoms with Crippen LogP contribution in [0.2, 0.25) is 10.0 Å². The number of likely N-dealkylation sites (tertiary alicyclic amines) is 1. The fraction of sp³-hybridized carbons (Fsp3) is 0.500. The van der Waals surface area contributed by atoms with Crippen LogP contribution in [0.1, 0.15) is 49.3 Å². The second-order valence-electron chi connectivity index (χ2n) is 12.0. The highest BCUT2D eigenvalue weighted by molar-refractivity contribution is 7.99. The molecule has 3 aliphatic rings. The number of aliphatic hydroxyl groups excluding tert-OH is 1. The number of hydrogen-bond donors (Lipinski definition) is 3. The van der Waals surface area contributed by atoms with Gasteiger partial charge in [-0.3, -0.25) is 9.59 Å². The summed E-state index contributed by atoms with van der Waals surface area (Å²) in [5.41, 5.74) is 8.51. The van der Waals surface area contributed by atoms with E-state index in [4.69, 9.17) is 43.5 Å². The zero-order chi connectivity index (χ0) is 33.5. The van der Waals surface area contributed by atoms with E-state index in [9.17, 15) is 14.7 Å². The Morgan fingerprint density at radius 2 is 1.73 bits per heavy atom. The van der Waals surface area contributed by atoms with Gasteiger partial charge >= 0.3 is 0 Å². The Kier molecular flexibility index (Phi) is 14.2. The highest BCUT2D eigenvalue weighted by Gasteiger charge is 2.43. The third-order valence-electron chi connectivity index (χ3n) is 9.09. The van der Waals surface area contributed by atoms with Crippen molar-refractivity contribution in [3.05, 3.63) is 63.7 Å². The normalized spacial score (nSPS) is 20.1. The van der Waals surface area contributed by atoms with Crippen molar-refractivity contribution in [1.29, 1.82) is 0 Å². The minimum Gasteiger partial charge on any atom is -0.493 e. The molecule has 48 heavy (non-hydrogen) atoms. The van der Waals surface area contributed by atoms with E-state index in [2.05, 4.69) is 17.5 Å². The average Bonchev–Trinajstić information content (AvgIpc) is 3.09. The van der Waals surface area contributed by atoms with Gasteiger partial charge in [-0.15, -0.1) is 12.4 Å². The third kappa shape index (κ3) is 8.91. The molecule has 2 heterocycles. The smallest absolute Gasteiger partial charge is 0.247 e. The molecule has 4 N–H and O–H groups in total. The predicted octanol–water partition coefficient (Wildman–Crippen LogP) is 5.58. The fourth-order valence-electron chi connectivity index (χ4n) is 6.40. The van der Waals surface area contributed by atoms with Gasteiger partial charge in [0.1, 0.15) is 0 Å². The van der Waals surface area contributed by atoms with Gasteiger partial charge in [-0.05, 0) is 61.6 Å². The number of aliphatic hydroxyl groups is 1. The maximum absolute atomic E-state index is 13.7. The van der Waals surface area contributed by atoms with Crippen LogP contribution in [-0.2, 0) is 9.59 Å². The quantitative estimate of drug-likeness (QED) is 0.138. The average molecular weight is 741 g/mol. The van der Waals surface area contributed by atoms with Gasteiger partial charge in [0.2, 0.25) is 11.8 Å². The molecule has 5 rings (SSSR count). The lowest BCUT2D eigenvalue weighted by Crippen LogP contribution is -2.52. The molecule has 3 atom stereocenters. The number of halogens is 3. The Hall–Kier alpha value is -2.67. The van der Waals surface area contributed by atoms with Crippen LogP contribution in [0.5, 0.6) is 11.5 Å². The molecular weight excluding hydrogens is 697 g/mol. The molecule has 10 nitrogen and oxygen atoms in total. The number of nitrogens with one attached hydrogen (secondary N) is 1. The molecule has 1 fully saturated rings. The van der Waals surface area contributed by atoms with Crippen LogP contribution in [0.4, 0.5) is 5.69 Å². The number of carbonyl (C=O) groups excluding carboxylic acids is 2. The summed E-state index contributed by atoms with van der Waals surface area (Å²) in [4.78, 5) is 28.6. The zero-order valence-electron chi connectivity index (χ0n) is 27.2. The molecular formula is C34H44Cl3N5O5S. The van der Waals surface area contributed by atoms with Gasteiger partial charge in [-0.25, -0.2) is 5.01 Å². The number of amides is 2. The second kappa shape index (κ2) is 17.8. The zero-order valence-corrected chi connectivity index (χ0v) is 30.3. The van der Waals surface area contributed by atoms with Crippen molar-refractivity contribution in [1.82, 2.24) is 15.2 Å². The van der Waals surface area contributed by atoms with E-state index in [0.717, 1.165) is 23.4 Å². The Morgan fingerprint density at radius 3 is 2.40 bits per heavy atom. The van der Waals surface area contributed by atoms with Gasteiger partial charge in [0, 0.05) is 55.6 Å². The standard InChI is InChI=1S/C34H43Cl2N5O5S.ClH/c1-45-29-8-7-21(19-30(29)46-2)33-24-5-3-4-6-25(24)34(44)41(39-33)23-9-13-40(14-10-23)31(43)11-15-47-16-12-38-20-28(42)22-17-26(35)32(37)27(36)18-22;/h3-4,7-8,17-19,23-25,28,38,42H,5-6,9-16,20,37H2,1-2H3;1H/t24-,25+,28?;/m0./s1. The molecule has 1 saturated heterocycles. The lowest BCUT2D eigenvalue weighted by atomic mass is 9.76. The molecule has 0 radical (unpaired) electrons. The minimum absolute atomic E-state index is 0. The van der Waals surface area contributed by atoms with Gasteiger partial charge in [0.15, 0.2) is 11.5 Å². The van der Waals surface area contributed by atoms with E-state index in [1.54, 1.807) is 43.1 Å². The van der Waals surface area contributed by atoms with Crippen LogP contribution in [0, 0.1) is 11.8 Å². The lowest BCUT2D eigenvalue weighted by Gasteiger charge is -2.42. The third-order valence-corrected chi connectivity index (χ3v) is 10.7. The molecule has 0 aromatic heterocycles. The number of hydrazone groups is 1. The Balaban J connectivity index is 0.00000520. The van der Waals surface area contributed by atoms with Crippen LogP contribution < -0.4 is 20.5 Å². The van der Waals surface area contributed by atoms with Crippen molar-refractivity contribution in [3.63, 3.8) is 0 Å². The van der Waals surface area contributed by atoms with E-state index in [0.29, 0.717) is 90.4 Å². The number of carbonyl (C=O) groups is 2. The second-order valence-corrected chi connectivity index (χ2v) is 14.0. The first kappa shape index (κ1) is 38.1. The number of hydrogen-bond acceptors (Lipinski definition) is 9. The predicted molar refractivity (Wildman–Crippen MR) is 196 cm³/mol. The van der Waals surface area contributed by atoms with Crippen molar-refractivity contribution < 1.29 is 24.2 Å². The number of fused-ring (bicyclic) bond motifs is 1. The van der Waals surface area contributed by atoms with E-state index in [1.165, 1.54) is 0 Å². The number of thioether (sulfide) groups is 1. The molecule has 14 heteroatoms. The first-order valence-electron chi connectivity index (χ1n) is 16.0. The SMILES string of the molecule is COc1ccc(C2=NN(C3CCN(C(=O)CCSCCNCC(O)c4cc(Cl)c(N)c(Cl)c4)CC3)C(=O)[C@@H]3CC=CC[C@H]23)cc1OC.Cl. The Morgan fingerprint density at radius 1 is 1.06 bits per heavy atom. The molecule has 2 aromatic rings. The monoisotopic (exact) mass is 739 g/mol. The van der Waals surface area contributed by atoms with E-state index < -0.39 is 6.10 Å². The highest BCUT2D eigenvalue weighted by Crippen LogP contribution is 2.38. The first-order valence-corrected chi connectivity index (χ1v) is 17.9. The Labute approximate surface area is 302 Å². The number of nitrogens with zero attached hydrogens (tertiary/aromatic N) is 3. The van der Waals surface area contributed by atoms with E-state index in [-0.39, 0.29) is 42.1 Å². The number of piperidine rings is 1. The summed E-state index contributed by atoms with van der Waals surface area (Å²) < 4.78 is 11.0. The summed E-state index contributed by atoms with van der Waals surface area (Å²) in [5, 5.41) is 21.0. The van der Waals surface area contributed by atoms with Crippen molar-refractivity contribution in [2.45, 2.75) is 44.2 Å². The van der Waals surface area contributed by atoms with Crippen molar-refractivity contribution in [2.24, 2.45) is 16.9 Å². The number of nitrogens with two attached hydrogens (primary N) is 1. The van der Waals surface area contributed by atoms with Crippen LogP contribution in [-0.4, -0.2) is 90.5 Å². The van der Waals surface area contributed by atoms with Crippen LogP contribution >= 0.6 is 47.4 Å². The van der Waals surface area contributed by atoms with Crippen LogP contribution in [0.3, 0.4) is 0 Å². The summed E-state index contributed by atoms with van der Waals surface area (Å²) in [6.07, 6.45) is 6.79. The van der Waals surface area contributed by atoms with Crippen molar-refractivity contribution in [3.8, 4) is 11.5 Å². The van der Waals surface area contributed by atoms with Gasteiger partial charge in [-0.1, -0.05) is 35.4 Å². The Bertz CT molecular complexity index is 1480. The highest BCUT2D eigenvalue weighted by atomic mass is 35.5. The van der Waals surface area contributed by atoms with Gasteiger partial charge in [0.25, 0.3) is 0 Å². The molecule has 2 aromatic carbocycles. The fourth-order valence-corrected chi connectivity index (χ4v) is 7.72. The molecule has 1 unspecified atom stereocenters. The van der Waals surface area contributed by atoms with Crippen LogP contribution in [0.15, 0.2) is 47.6 Å². The molecule has 0 saturated carbocycles. The number of ether oxygens (including phenoxy) is 2. The summed E-state index contributed by atoms with van der Waals surface area (Å²) in [6, 6.07) is 8.99. The largest absolute Gasteiger partial charge is 0.493 e. The summed E-state index contributed by atoms with van der Waals surface area (Å²) in [7, 11) is 3.23. The van der Waals surface area contributed by atoms with E-state index >= 15 is 0 Å². The van der Waals surface area contributed by atoms with Gasteiger partial charge < -0.3 is 30.5 Å². The lowest BCUT2D eigenvalue weighted by molar-refractivity contribution is -0.142. The van der Waals surface area contributed by atoms with Gasteiger partial charge in [-0.2, -0.15) is 16.9 Å². The van der Waals surface area contributed by atoms with Crippen molar-refractivity contribution in [2.75, 3.05) is 57.6 Å². The number of allylic oxidation sites excluding steroid dienone is 2. The first-order chi connectivity index (χ1) is 22.7. The summed E-state index contributed by atoms with van der Waals surface area (Å²) >= 11 is 13.8. The molecule has 262 valence electrons. The molecule has 0 bridgehead atoms. The van der Waals surface area contributed by atoms with Gasteiger partial charge in [0.05, 0.1) is 53.7 Å². The van der Waals surface area contributed by atoms with Crippen LogP contribution in [0.25, 0.3) is 0 Å².